The van der Waals surface area contributed by atoms with E-state index in [2.05, 4.69) is 15.1 Å². The number of benzene rings is 1. The Labute approximate surface area is 241 Å². The summed E-state index contributed by atoms with van der Waals surface area (Å²) in [5, 5.41) is 3.76. The highest BCUT2D eigenvalue weighted by Gasteiger charge is 2.67. The van der Waals surface area contributed by atoms with Crippen molar-refractivity contribution >= 4 is 11.4 Å². The molecule has 0 radical (unpaired) electrons. The van der Waals surface area contributed by atoms with E-state index < -0.39 is 65.5 Å². The molecule has 2 aliphatic rings. The lowest BCUT2D eigenvalue weighted by Gasteiger charge is -2.20. The highest BCUT2D eigenvalue weighted by atomic mass is 19.3. The van der Waals surface area contributed by atoms with Crippen molar-refractivity contribution in [1.82, 2.24) is 24.1 Å². The van der Waals surface area contributed by atoms with Crippen LogP contribution in [0.3, 0.4) is 0 Å². The molecule has 0 aliphatic heterocycles. The normalized spacial score (nSPS) is 19.0. The number of hydrogen-bond donors (Lipinski definition) is 0. The van der Waals surface area contributed by atoms with E-state index in [0.717, 1.165) is 28.4 Å². The van der Waals surface area contributed by atoms with Crippen molar-refractivity contribution in [2.45, 2.75) is 50.0 Å². The molecule has 6 nitrogen and oxygen atoms in total. The Morgan fingerprint density at radius 2 is 1.81 bits per heavy atom. The molecule has 12 heteroatoms. The van der Waals surface area contributed by atoms with Crippen LogP contribution < -0.4 is 0 Å². The number of alkyl halides is 4. The minimum atomic E-state index is -3.36. The van der Waals surface area contributed by atoms with Gasteiger partial charge in [-0.05, 0) is 54.7 Å². The van der Waals surface area contributed by atoms with Crippen molar-refractivity contribution in [2.24, 2.45) is 5.92 Å². The van der Waals surface area contributed by atoms with E-state index in [1.165, 1.54) is 6.20 Å². The molecule has 5 aromatic rings. The predicted molar refractivity (Wildman–Crippen MR) is 143 cm³/mol. The van der Waals surface area contributed by atoms with Crippen LogP contribution in [0.1, 0.15) is 59.3 Å². The Morgan fingerprint density at radius 1 is 1.02 bits per heavy atom. The van der Waals surface area contributed by atoms with E-state index in [0.29, 0.717) is 16.9 Å². The van der Waals surface area contributed by atoms with Crippen LogP contribution in [0, 0.1) is 17.6 Å². The van der Waals surface area contributed by atoms with Crippen molar-refractivity contribution in [2.75, 3.05) is 0 Å². The van der Waals surface area contributed by atoms with Crippen LogP contribution in [-0.2, 0) is 23.7 Å². The summed E-state index contributed by atoms with van der Waals surface area (Å²) < 4.78 is 88.4. The summed E-state index contributed by atoms with van der Waals surface area (Å²) in [5.74, 6) is -7.99. The summed E-state index contributed by atoms with van der Waals surface area (Å²) in [5.41, 5.74) is 1.34. The van der Waals surface area contributed by atoms with E-state index in [-0.39, 0.29) is 30.4 Å². The van der Waals surface area contributed by atoms with Crippen molar-refractivity contribution in [1.29, 1.82) is 0 Å². The minimum absolute atomic E-state index is 0.00242. The highest BCUT2D eigenvalue weighted by Crippen LogP contribution is 2.68. The van der Waals surface area contributed by atoms with Gasteiger partial charge in [-0.2, -0.15) is 13.9 Å². The number of fused-ring (bicyclic) bond motifs is 4. The van der Waals surface area contributed by atoms with Crippen molar-refractivity contribution < 1.29 is 31.1 Å². The number of aromatic nitrogens is 5. The number of ketones is 1. The second-order valence-corrected chi connectivity index (χ2v) is 11.1. The number of Topliss-reactive ketones (excluding diaryl/α,β-unsaturated/α-hetero) is 1. The van der Waals surface area contributed by atoms with Gasteiger partial charge in [0.2, 0.25) is 0 Å². The molecule has 0 N–H and O–H groups in total. The molecule has 4 aromatic heterocycles. The second kappa shape index (κ2) is 10.1. The third-order valence-corrected chi connectivity index (χ3v) is 8.30. The fourth-order valence-corrected chi connectivity index (χ4v) is 6.43. The number of nitrogens with zero attached hydrogens (tertiary/aromatic N) is 5. The quantitative estimate of drug-likeness (QED) is 0.172. The minimum Gasteiger partial charge on any atom is -0.306 e. The van der Waals surface area contributed by atoms with Crippen LogP contribution in [0.2, 0.25) is 0 Å². The van der Waals surface area contributed by atoms with Gasteiger partial charge in [0.15, 0.2) is 5.78 Å². The topological polar surface area (TPSA) is 65.1 Å². The number of rotatable bonds is 9. The van der Waals surface area contributed by atoms with Gasteiger partial charge in [0.05, 0.1) is 5.69 Å². The summed E-state index contributed by atoms with van der Waals surface area (Å²) in [4.78, 5) is 22.3. The molecule has 0 saturated heterocycles. The van der Waals surface area contributed by atoms with Gasteiger partial charge in [0.1, 0.15) is 35.2 Å². The third-order valence-electron chi connectivity index (χ3n) is 8.30. The van der Waals surface area contributed by atoms with Crippen molar-refractivity contribution in [3.8, 4) is 11.1 Å². The molecule has 0 bridgehead atoms. The second-order valence-electron chi connectivity index (χ2n) is 11.1. The molecule has 1 fully saturated rings. The number of carbonyl (C=O) groups excluding carboxylic acids is 1. The first-order valence-corrected chi connectivity index (χ1v) is 13.7. The van der Waals surface area contributed by atoms with E-state index in [4.69, 9.17) is 0 Å². The number of carbonyl (C=O) groups is 1. The predicted octanol–water partition coefficient (Wildman–Crippen LogP) is 7.00. The Balaban J connectivity index is 1.25. The van der Waals surface area contributed by atoms with E-state index in [9.17, 15) is 22.4 Å². The summed E-state index contributed by atoms with van der Waals surface area (Å²) in [6.07, 6.45) is 3.54. The van der Waals surface area contributed by atoms with Gasteiger partial charge in [-0.25, -0.2) is 22.5 Å². The zero-order valence-electron chi connectivity index (χ0n) is 22.4. The zero-order valence-corrected chi connectivity index (χ0v) is 22.4. The van der Waals surface area contributed by atoms with Crippen molar-refractivity contribution in [3.63, 3.8) is 0 Å². The monoisotopic (exact) mass is 595 g/mol. The smallest absolute Gasteiger partial charge is 0.293 e. The molecule has 43 heavy (non-hydrogen) atoms. The third kappa shape index (κ3) is 4.78. The first kappa shape index (κ1) is 27.4. The van der Waals surface area contributed by atoms with E-state index in [1.807, 2.05) is 12.3 Å². The van der Waals surface area contributed by atoms with Gasteiger partial charge in [0, 0.05) is 65.8 Å². The molecule has 1 saturated carbocycles. The van der Waals surface area contributed by atoms with Gasteiger partial charge in [0.25, 0.3) is 12.3 Å². The molecule has 0 amide bonds. The van der Waals surface area contributed by atoms with Crippen LogP contribution in [-0.4, -0.2) is 29.9 Å². The molecular formula is C31H23F6N5O. The fraction of sp³-hybridized carbons (Fsp3) is 0.290. The summed E-state index contributed by atoms with van der Waals surface area (Å²) in [7, 11) is 0. The van der Waals surface area contributed by atoms with E-state index in [1.54, 1.807) is 35.0 Å². The molecule has 2 aliphatic carbocycles. The number of hydrogen-bond acceptors (Lipinski definition) is 4. The number of imidazole rings is 1. The van der Waals surface area contributed by atoms with Gasteiger partial charge in [-0.15, -0.1) is 0 Å². The molecule has 3 atom stereocenters. The van der Waals surface area contributed by atoms with Gasteiger partial charge < -0.3 is 4.40 Å². The van der Waals surface area contributed by atoms with Crippen LogP contribution in [0.25, 0.3) is 16.8 Å². The zero-order chi connectivity index (χ0) is 30.0. The van der Waals surface area contributed by atoms with Crippen molar-refractivity contribution in [3.05, 3.63) is 107 Å². The maximum atomic E-state index is 15.1. The maximum absolute atomic E-state index is 15.1. The molecule has 0 spiro atoms. The first-order valence-electron chi connectivity index (χ1n) is 13.7. The maximum Gasteiger partial charge on any atom is 0.293 e. The standard InChI is InChI=1S/C31H23F6N5O/c32-19-9-16(10-20(33)12-19)8-18(27-22(2-1-5-39-27)17-3-4-25-38-6-7-41(25)14-17)11-21(43)15-42-29-26(28(40-42)30(34)35)23-13-24(23)31(29,36)37/h1-7,9-10,12,14,18,23-24,30H,8,11,13,15H2/t18-,23?,24?/m1/s1. The lowest BCUT2D eigenvalue weighted by atomic mass is 9.87. The SMILES string of the molecule is O=C(C[C@@H](Cc1cc(F)cc(F)c1)c1ncccc1-c1ccc2nccn2c1)Cn1nc(C(F)F)c2c1C(F)(F)C1CC21. The van der Waals surface area contributed by atoms with Crippen LogP contribution in [0.4, 0.5) is 26.3 Å². The number of halogens is 6. The van der Waals surface area contributed by atoms with Crippen LogP contribution in [0.5, 0.6) is 0 Å². The number of pyridine rings is 2. The highest BCUT2D eigenvalue weighted by molar-refractivity contribution is 5.80. The lowest BCUT2D eigenvalue weighted by molar-refractivity contribution is -0.120. The summed E-state index contributed by atoms with van der Waals surface area (Å²) in [6.45, 7) is -0.652. The molecule has 4 heterocycles. The Morgan fingerprint density at radius 3 is 2.58 bits per heavy atom. The van der Waals surface area contributed by atoms with Gasteiger partial charge in [-0.1, -0.05) is 6.07 Å². The summed E-state index contributed by atoms with van der Waals surface area (Å²) in [6, 6.07) is 10.2. The Hall–Kier alpha value is -4.48. The fourth-order valence-electron chi connectivity index (χ4n) is 6.43. The average Bonchev–Trinajstić information content (AvgIpc) is 3.36. The van der Waals surface area contributed by atoms with Gasteiger partial charge in [-0.3, -0.25) is 14.5 Å². The molecular weight excluding hydrogens is 572 g/mol. The Bertz CT molecular complexity index is 1860. The largest absolute Gasteiger partial charge is 0.306 e. The lowest BCUT2D eigenvalue weighted by Crippen LogP contribution is -2.24. The van der Waals surface area contributed by atoms with E-state index >= 15 is 8.78 Å². The van der Waals surface area contributed by atoms with Crippen LogP contribution >= 0.6 is 0 Å². The van der Waals surface area contributed by atoms with Gasteiger partial charge >= 0.3 is 0 Å². The summed E-state index contributed by atoms with van der Waals surface area (Å²) >= 11 is 0. The molecule has 2 unspecified atom stereocenters. The average molecular weight is 596 g/mol. The van der Waals surface area contributed by atoms with Crippen LogP contribution in [0.15, 0.2) is 67.3 Å². The molecule has 220 valence electrons. The molecule has 1 aromatic carbocycles. The molecule has 7 rings (SSSR count). The Kier molecular flexibility index (Phi) is 6.40. The first-order chi connectivity index (χ1) is 20.6.